The fourth-order valence-electron chi connectivity index (χ4n) is 2.29. The van der Waals surface area contributed by atoms with Crippen molar-refractivity contribution in [1.29, 1.82) is 0 Å². The monoisotopic (exact) mass is 301 g/mol. The summed E-state index contributed by atoms with van der Waals surface area (Å²) < 4.78 is 42.4. The van der Waals surface area contributed by atoms with Gasteiger partial charge in [-0.05, 0) is 30.9 Å². The van der Waals surface area contributed by atoms with E-state index in [4.69, 9.17) is 10.5 Å². The Hall–Kier alpha value is -1.14. The van der Waals surface area contributed by atoms with Gasteiger partial charge < -0.3 is 10.5 Å². The van der Waals surface area contributed by atoms with E-state index in [0.29, 0.717) is 18.4 Å². The van der Waals surface area contributed by atoms with Crippen LogP contribution in [-0.4, -0.2) is 32.1 Å². The van der Waals surface area contributed by atoms with Crippen LogP contribution >= 0.6 is 0 Å². The molecule has 112 valence electrons. The van der Waals surface area contributed by atoms with Crippen LogP contribution in [0.15, 0.2) is 18.2 Å². The number of halogens is 1. The molecule has 0 amide bonds. The summed E-state index contributed by atoms with van der Waals surface area (Å²) in [7, 11) is -3.04. The molecule has 0 saturated carbocycles. The summed E-state index contributed by atoms with van der Waals surface area (Å²) in [4.78, 5) is 0. The van der Waals surface area contributed by atoms with Crippen LogP contribution in [-0.2, 0) is 16.3 Å². The van der Waals surface area contributed by atoms with Crippen LogP contribution in [0.3, 0.4) is 0 Å². The van der Waals surface area contributed by atoms with Crippen molar-refractivity contribution >= 4 is 9.84 Å². The van der Waals surface area contributed by atoms with E-state index in [1.165, 1.54) is 6.07 Å². The minimum Gasteiger partial charge on any atom is -0.486 e. The summed E-state index contributed by atoms with van der Waals surface area (Å²) in [6.45, 7) is 1.97. The van der Waals surface area contributed by atoms with Gasteiger partial charge in [0.25, 0.3) is 0 Å². The molecular weight excluding hydrogens is 281 g/mol. The van der Waals surface area contributed by atoms with Gasteiger partial charge in [-0.25, -0.2) is 12.8 Å². The molecule has 0 radical (unpaired) electrons. The average Bonchev–Trinajstić information content (AvgIpc) is 2.73. The van der Waals surface area contributed by atoms with Crippen molar-refractivity contribution < 1.29 is 17.5 Å². The molecule has 0 aliphatic carbocycles. The van der Waals surface area contributed by atoms with Crippen LogP contribution in [0.4, 0.5) is 4.39 Å². The van der Waals surface area contributed by atoms with Crippen molar-refractivity contribution in [3.05, 3.63) is 29.6 Å². The molecule has 4 nitrogen and oxygen atoms in total. The second kappa shape index (κ2) is 6.10. The number of hydrogen-bond acceptors (Lipinski definition) is 4. The zero-order valence-electron chi connectivity index (χ0n) is 11.5. The highest BCUT2D eigenvalue weighted by atomic mass is 32.2. The van der Waals surface area contributed by atoms with Gasteiger partial charge in [0.2, 0.25) is 0 Å². The van der Waals surface area contributed by atoms with Gasteiger partial charge in [-0.2, -0.15) is 0 Å². The number of benzene rings is 1. The van der Waals surface area contributed by atoms with Gasteiger partial charge in [0, 0.05) is 6.04 Å². The largest absolute Gasteiger partial charge is 0.486 e. The zero-order chi connectivity index (χ0) is 14.8. The minimum atomic E-state index is -3.04. The third-order valence-corrected chi connectivity index (χ3v) is 5.27. The van der Waals surface area contributed by atoms with Gasteiger partial charge in [0.15, 0.2) is 21.4 Å². The highest BCUT2D eigenvalue weighted by molar-refractivity contribution is 7.91. The van der Waals surface area contributed by atoms with Crippen molar-refractivity contribution in [3.63, 3.8) is 0 Å². The first-order valence-electron chi connectivity index (χ1n) is 6.81. The predicted octanol–water partition coefficient (Wildman–Crippen LogP) is 1.67. The van der Waals surface area contributed by atoms with Crippen molar-refractivity contribution in [3.8, 4) is 5.75 Å². The van der Waals surface area contributed by atoms with Crippen molar-refractivity contribution in [2.24, 2.45) is 5.73 Å². The lowest BCUT2D eigenvalue weighted by Gasteiger charge is -2.18. The maximum atomic E-state index is 13.9. The molecule has 2 N–H and O–H groups in total. The standard InChI is InChI=1S/C14H20FNO3S/c1-2-11(16)8-10-4-3-5-13(15)14(10)19-12-6-7-20(17,18)9-12/h3-5,11-12H,2,6-9,16H2,1H3. The van der Waals surface area contributed by atoms with Crippen LogP contribution in [0, 0.1) is 5.82 Å². The fourth-order valence-corrected chi connectivity index (χ4v) is 3.88. The van der Waals surface area contributed by atoms with Crippen LogP contribution in [0.5, 0.6) is 5.75 Å². The first-order chi connectivity index (χ1) is 9.41. The molecule has 1 aromatic rings. The molecule has 6 heteroatoms. The number of hydrogen-bond donors (Lipinski definition) is 1. The summed E-state index contributed by atoms with van der Waals surface area (Å²) in [6, 6.07) is 4.65. The van der Waals surface area contributed by atoms with E-state index in [1.54, 1.807) is 12.1 Å². The summed E-state index contributed by atoms with van der Waals surface area (Å²) in [6.07, 6.45) is 1.25. The van der Waals surface area contributed by atoms with Gasteiger partial charge in [0.05, 0.1) is 11.5 Å². The third-order valence-electron chi connectivity index (χ3n) is 3.53. The summed E-state index contributed by atoms with van der Waals surface area (Å²) in [5.74, 6) is -0.245. The molecule has 0 aromatic heterocycles. The van der Waals surface area contributed by atoms with E-state index < -0.39 is 21.8 Å². The number of sulfone groups is 1. The quantitative estimate of drug-likeness (QED) is 0.898. The predicted molar refractivity (Wildman–Crippen MR) is 76.1 cm³/mol. The van der Waals surface area contributed by atoms with E-state index in [-0.39, 0.29) is 23.3 Å². The van der Waals surface area contributed by atoms with Crippen molar-refractivity contribution in [1.82, 2.24) is 0 Å². The molecule has 1 aliphatic rings. The Morgan fingerprint density at radius 1 is 1.50 bits per heavy atom. The Balaban J connectivity index is 2.18. The number of nitrogens with two attached hydrogens (primary N) is 1. The van der Waals surface area contributed by atoms with Gasteiger partial charge >= 0.3 is 0 Å². The summed E-state index contributed by atoms with van der Waals surface area (Å²) in [5, 5.41) is 0. The Morgan fingerprint density at radius 3 is 2.85 bits per heavy atom. The number of ether oxygens (including phenoxy) is 1. The lowest BCUT2D eigenvalue weighted by atomic mass is 10.0. The second-order valence-corrected chi connectivity index (χ2v) is 7.47. The van der Waals surface area contributed by atoms with E-state index in [1.807, 2.05) is 6.92 Å². The highest BCUT2D eigenvalue weighted by Gasteiger charge is 2.30. The molecule has 1 aliphatic heterocycles. The molecule has 1 fully saturated rings. The Labute approximate surface area is 119 Å². The van der Waals surface area contributed by atoms with Gasteiger partial charge in [-0.15, -0.1) is 0 Å². The molecular formula is C14H20FNO3S. The molecule has 0 spiro atoms. The van der Waals surface area contributed by atoms with Gasteiger partial charge in [-0.1, -0.05) is 19.1 Å². The topological polar surface area (TPSA) is 69.4 Å². The van der Waals surface area contributed by atoms with Crippen LogP contribution in [0.25, 0.3) is 0 Å². The number of para-hydroxylation sites is 1. The van der Waals surface area contributed by atoms with Crippen LogP contribution in [0.2, 0.25) is 0 Å². The smallest absolute Gasteiger partial charge is 0.165 e. The Kier molecular flexibility index (Phi) is 4.65. The Bertz CT molecular complexity index is 574. The van der Waals surface area contributed by atoms with Crippen LogP contribution < -0.4 is 10.5 Å². The van der Waals surface area contributed by atoms with Gasteiger partial charge in [0.1, 0.15) is 6.10 Å². The highest BCUT2D eigenvalue weighted by Crippen LogP contribution is 2.27. The maximum Gasteiger partial charge on any atom is 0.165 e. The molecule has 2 atom stereocenters. The molecule has 2 rings (SSSR count). The summed E-state index contributed by atoms with van der Waals surface area (Å²) >= 11 is 0. The second-order valence-electron chi connectivity index (χ2n) is 5.24. The van der Waals surface area contributed by atoms with Gasteiger partial charge in [-0.3, -0.25) is 0 Å². The van der Waals surface area contributed by atoms with E-state index in [2.05, 4.69) is 0 Å². The maximum absolute atomic E-state index is 13.9. The average molecular weight is 301 g/mol. The number of rotatable bonds is 5. The molecule has 2 unspecified atom stereocenters. The molecule has 1 aromatic carbocycles. The van der Waals surface area contributed by atoms with E-state index in [9.17, 15) is 12.8 Å². The van der Waals surface area contributed by atoms with E-state index in [0.717, 1.165) is 6.42 Å². The molecule has 1 saturated heterocycles. The third kappa shape index (κ3) is 3.70. The first-order valence-corrected chi connectivity index (χ1v) is 8.63. The Morgan fingerprint density at radius 2 is 2.25 bits per heavy atom. The zero-order valence-corrected chi connectivity index (χ0v) is 12.3. The normalized spacial score (nSPS) is 22.6. The van der Waals surface area contributed by atoms with Crippen molar-refractivity contribution in [2.75, 3.05) is 11.5 Å². The lowest BCUT2D eigenvalue weighted by Crippen LogP contribution is -2.23. The lowest BCUT2D eigenvalue weighted by molar-refractivity contribution is 0.216. The fraction of sp³-hybridized carbons (Fsp3) is 0.571. The molecule has 20 heavy (non-hydrogen) atoms. The van der Waals surface area contributed by atoms with Crippen molar-refractivity contribution in [2.45, 2.75) is 38.3 Å². The molecule has 0 bridgehead atoms. The SMILES string of the molecule is CCC(N)Cc1cccc(F)c1OC1CCS(=O)(=O)C1. The summed E-state index contributed by atoms with van der Waals surface area (Å²) in [5.41, 5.74) is 6.60. The molecule has 1 heterocycles. The van der Waals surface area contributed by atoms with Crippen LogP contribution in [0.1, 0.15) is 25.3 Å². The minimum absolute atomic E-state index is 0.0411. The van der Waals surface area contributed by atoms with E-state index >= 15 is 0 Å². The first kappa shape index (κ1) is 15.3.